The van der Waals surface area contributed by atoms with Gasteiger partial charge in [-0.05, 0) is 45.0 Å². The minimum atomic E-state index is -3.06. The molecule has 0 aliphatic carbocycles. The van der Waals surface area contributed by atoms with Crippen molar-refractivity contribution in [3.63, 3.8) is 0 Å². The quantitative estimate of drug-likeness (QED) is 0.616. The maximum Gasteiger partial charge on any atom is 0.521 e. The fourth-order valence-electron chi connectivity index (χ4n) is 2.72. The van der Waals surface area contributed by atoms with Gasteiger partial charge >= 0.3 is 14.8 Å². The number of carbonyl (C=O) groups is 1. The van der Waals surface area contributed by atoms with Crippen LogP contribution in [0.15, 0.2) is 60.7 Å². The second-order valence-corrected chi connectivity index (χ2v) is 8.25. The van der Waals surface area contributed by atoms with Crippen LogP contribution in [-0.4, -0.2) is 40.8 Å². The molecule has 0 radical (unpaired) electrons. The van der Waals surface area contributed by atoms with E-state index in [0.29, 0.717) is 19.8 Å². The molecule has 27 heavy (non-hydrogen) atoms. The number of nitrogens with zero attached hydrogens (tertiary/aromatic N) is 1. The SMILES string of the molecule is CCO[Si](CN(C(=O)Nc1ccccc1)c1ccccc1)(OCC)OCC. The van der Waals surface area contributed by atoms with Crippen LogP contribution < -0.4 is 10.2 Å². The largest absolute Gasteiger partial charge is 0.521 e. The lowest BCUT2D eigenvalue weighted by atomic mass is 10.3. The van der Waals surface area contributed by atoms with Gasteiger partial charge in [0.1, 0.15) is 0 Å². The first-order valence-electron chi connectivity index (χ1n) is 9.24. The van der Waals surface area contributed by atoms with Gasteiger partial charge < -0.3 is 18.6 Å². The predicted octanol–water partition coefficient (Wildman–Crippen LogP) is 4.31. The van der Waals surface area contributed by atoms with Crippen LogP contribution in [-0.2, 0) is 13.3 Å². The summed E-state index contributed by atoms with van der Waals surface area (Å²) in [5.41, 5.74) is 1.47. The van der Waals surface area contributed by atoms with E-state index in [9.17, 15) is 4.79 Å². The lowest BCUT2D eigenvalue weighted by Gasteiger charge is -2.33. The first-order valence-corrected chi connectivity index (χ1v) is 11.2. The fraction of sp³-hybridized carbons (Fsp3) is 0.350. The molecule has 0 fully saturated rings. The number of amides is 2. The van der Waals surface area contributed by atoms with Gasteiger partial charge in [0.25, 0.3) is 0 Å². The molecule has 0 heterocycles. The number of benzene rings is 2. The average molecular weight is 389 g/mol. The Balaban J connectivity index is 2.32. The van der Waals surface area contributed by atoms with Crippen molar-refractivity contribution in [1.82, 2.24) is 0 Å². The van der Waals surface area contributed by atoms with Crippen molar-refractivity contribution in [3.8, 4) is 0 Å². The van der Waals surface area contributed by atoms with E-state index in [1.807, 2.05) is 81.4 Å². The number of nitrogens with one attached hydrogen (secondary N) is 1. The van der Waals surface area contributed by atoms with E-state index in [4.69, 9.17) is 13.3 Å². The lowest BCUT2D eigenvalue weighted by Crippen LogP contribution is -2.57. The highest BCUT2D eigenvalue weighted by molar-refractivity contribution is 6.62. The van der Waals surface area contributed by atoms with Gasteiger partial charge in [-0.2, -0.15) is 0 Å². The van der Waals surface area contributed by atoms with Crippen LogP contribution in [0.25, 0.3) is 0 Å². The molecule has 2 aromatic rings. The van der Waals surface area contributed by atoms with Crippen molar-refractivity contribution in [1.29, 1.82) is 0 Å². The minimum Gasteiger partial charge on any atom is -0.373 e. The summed E-state index contributed by atoms with van der Waals surface area (Å²) in [6.07, 6.45) is 0.227. The molecule has 7 heteroatoms. The third-order valence-corrected chi connectivity index (χ3v) is 6.67. The molecule has 0 aromatic heterocycles. The molecule has 1 N–H and O–H groups in total. The molecule has 0 aliphatic heterocycles. The molecule has 2 aromatic carbocycles. The number of carbonyl (C=O) groups excluding carboxylic acids is 1. The fourth-order valence-corrected chi connectivity index (χ4v) is 5.27. The average Bonchev–Trinajstić information content (AvgIpc) is 2.68. The first kappa shape index (κ1) is 21.1. The van der Waals surface area contributed by atoms with E-state index in [-0.39, 0.29) is 12.2 Å². The van der Waals surface area contributed by atoms with Crippen LogP contribution in [0, 0.1) is 0 Å². The van der Waals surface area contributed by atoms with Crippen LogP contribution in [0.2, 0.25) is 0 Å². The van der Waals surface area contributed by atoms with Crippen LogP contribution >= 0.6 is 0 Å². The Bertz CT molecular complexity index is 668. The highest BCUT2D eigenvalue weighted by atomic mass is 28.4. The van der Waals surface area contributed by atoms with E-state index < -0.39 is 8.80 Å². The summed E-state index contributed by atoms with van der Waals surface area (Å²) < 4.78 is 17.8. The molecule has 0 unspecified atom stereocenters. The zero-order chi connectivity index (χ0) is 19.5. The summed E-state index contributed by atoms with van der Waals surface area (Å²) in [5.74, 6) is 0. The maximum absolute atomic E-state index is 13.1. The second kappa shape index (κ2) is 10.8. The summed E-state index contributed by atoms with van der Waals surface area (Å²) >= 11 is 0. The number of hydrogen-bond donors (Lipinski definition) is 1. The molecule has 2 rings (SSSR count). The third-order valence-electron chi connectivity index (χ3n) is 3.78. The monoisotopic (exact) mass is 388 g/mol. The normalized spacial score (nSPS) is 11.2. The van der Waals surface area contributed by atoms with Gasteiger partial charge in [-0.25, -0.2) is 4.79 Å². The van der Waals surface area contributed by atoms with E-state index in [1.54, 1.807) is 4.90 Å². The molecular weight excluding hydrogens is 360 g/mol. The number of urea groups is 1. The Morgan fingerprint density at radius 3 is 1.81 bits per heavy atom. The maximum atomic E-state index is 13.1. The van der Waals surface area contributed by atoms with Gasteiger partial charge in [0.15, 0.2) is 0 Å². The number of rotatable bonds is 10. The standard InChI is InChI=1S/C20H28N2O4Si/c1-4-24-27(25-5-2,26-6-3)17-22(19-15-11-8-12-16-19)20(23)21-18-13-9-7-10-14-18/h7-16H,4-6,17H2,1-3H3,(H,21,23). The first-order chi connectivity index (χ1) is 13.1. The summed E-state index contributed by atoms with van der Waals surface area (Å²) in [4.78, 5) is 14.7. The Morgan fingerprint density at radius 1 is 0.852 bits per heavy atom. The molecule has 0 atom stereocenters. The molecular formula is C20H28N2O4Si. The molecule has 0 saturated heterocycles. The molecule has 2 amide bonds. The summed E-state index contributed by atoms with van der Waals surface area (Å²) in [7, 11) is -3.06. The zero-order valence-corrected chi connectivity index (χ0v) is 17.2. The van der Waals surface area contributed by atoms with Crippen molar-refractivity contribution in [2.45, 2.75) is 20.8 Å². The predicted molar refractivity (Wildman–Crippen MR) is 110 cm³/mol. The lowest BCUT2D eigenvalue weighted by molar-refractivity contribution is 0.0725. The van der Waals surface area contributed by atoms with Crippen molar-refractivity contribution in [2.24, 2.45) is 0 Å². The van der Waals surface area contributed by atoms with Gasteiger partial charge in [-0.1, -0.05) is 36.4 Å². The number of anilines is 2. The molecule has 0 bridgehead atoms. The molecule has 0 saturated carbocycles. The Labute approximate surface area is 162 Å². The van der Waals surface area contributed by atoms with E-state index in [2.05, 4.69) is 5.32 Å². The molecule has 0 aliphatic rings. The number of hydrogen-bond acceptors (Lipinski definition) is 4. The molecule has 146 valence electrons. The van der Waals surface area contributed by atoms with Crippen molar-refractivity contribution in [2.75, 3.05) is 36.2 Å². The highest BCUT2D eigenvalue weighted by Crippen LogP contribution is 2.21. The number of para-hydroxylation sites is 2. The van der Waals surface area contributed by atoms with E-state index in [1.165, 1.54) is 0 Å². The van der Waals surface area contributed by atoms with Crippen molar-refractivity contribution < 1.29 is 18.1 Å². The second-order valence-electron chi connectivity index (χ2n) is 5.70. The highest BCUT2D eigenvalue weighted by Gasteiger charge is 2.44. The van der Waals surface area contributed by atoms with Crippen LogP contribution in [0.4, 0.5) is 16.2 Å². The van der Waals surface area contributed by atoms with Crippen molar-refractivity contribution in [3.05, 3.63) is 60.7 Å². The van der Waals surface area contributed by atoms with Crippen LogP contribution in [0.1, 0.15) is 20.8 Å². The Morgan fingerprint density at radius 2 is 1.33 bits per heavy atom. The smallest absolute Gasteiger partial charge is 0.373 e. The molecule has 6 nitrogen and oxygen atoms in total. The van der Waals surface area contributed by atoms with E-state index in [0.717, 1.165) is 11.4 Å². The summed E-state index contributed by atoms with van der Waals surface area (Å²) in [6.45, 7) is 7.06. The summed E-state index contributed by atoms with van der Waals surface area (Å²) in [5, 5.41) is 2.93. The van der Waals surface area contributed by atoms with Crippen molar-refractivity contribution >= 4 is 26.2 Å². The minimum absolute atomic E-state index is 0.227. The zero-order valence-electron chi connectivity index (χ0n) is 16.2. The van der Waals surface area contributed by atoms with Gasteiger partial charge in [-0.3, -0.25) is 4.90 Å². The van der Waals surface area contributed by atoms with Crippen LogP contribution in [0.5, 0.6) is 0 Å². The van der Waals surface area contributed by atoms with Gasteiger partial charge in [0.05, 0.1) is 6.17 Å². The van der Waals surface area contributed by atoms with Gasteiger partial charge in [-0.15, -0.1) is 0 Å². The van der Waals surface area contributed by atoms with Gasteiger partial charge in [0, 0.05) is 31.2 Å². The molecule has 0 spiro atoms. The Hall–Kier alpha value is -2.19. The summed E-state index contributed by atoms with van der Waals surface area (Å²) in [6, 6.07) is 18.6. The van der Waals surface area contributed by atoms with Crippen LogP contribution in [0.3, 0.4) is 0 Å². The Kier molecular flexibility index (Phi) is 8.47. The third kappa shape index (κ3) is 6.18. The van der Waals surface area contributed by atoms with Gasteiger partial charge in [0.2, 0.25) is 0 Å². The topological polar surface area (TPSA) is 60.0 Å². The van der Waals surface area contributed by atoms with E-state index >= 15 is 0 Å².